The van der Waals surface area contributed by atoms with Crippen molar-refractivity contribution in [3.8, 4) is 0 Å². The molecule has 112 valence electrons. The summed E-state index contributed by atoms with van der Waals surface area (Å²) in [5.74, 6) is 0.622. The van der Waals surface area contributed by atoms with Gasteiger partial charge in [0.25, 0.3) is 5.91 Å². The number of aromatic nitrogens is 3. The Labute approximate surface area is 132 Å². The molecule has 2 aromatic rings. The number of aryl methyl sites for hydroxylation is 3. The zero-order chi connectivity index (χ0) is 15.6. The minimum atomic E-state index is -0.0651. The maximum atomic E-state index is 12.7. The fraction of sp³-hybridized carbons (Fsp3) is 0.429. The van der Waals surface area contributed by atoms with Gasteiger partial charge in [0.1, 0.15) is 15.9 Å². The minimum Gasteiger partial charge on any atom is -0.335 e. The van der Waals surface area contributed by atoms with Gasteiger partial charge in [-0.1, -0.05) is 0 Å². The summed E-state index contributed by atoms with van der Waals surface area (Å²) in [6.07, 6.45) is 1.92. The van der Waals surface area contributed by atoms with Crippen LogP contribution in [0, 0.1) is 20.8 Å². The van der Waals surface area contributed by atoms with Crippen LogP contribution in [0.4, 0.5) is 0 Å². The Kier molecular flexibility index (Phi) is 4.95. The topological polar surface area (TPSA) is 59.0 Å². The lowest BCUT2D eigenvalue weighted by Crippen LogP contribution is -2.28. The second-order valence-electron chi connectivity index (χ2n) is 4.78. The standard InChI is InChI=1S/C14H18N4OS2/c1-8-7-21-11(15-8)6-18(4)14(19)12-9(2)16-10(3)17-13(12)20-5/h7H,6H2,1-5H3. The van der Waals surface area contributed by atoms with Crippen molar-refractivity contribution < 1.29 is 4.79 Å². The van der Waals surface area contributed by atoms with Crippen LogP contribution in [0.15, 0.2) is 10.4 Å². The average molecular weight is 322 g/mol. The van der Waals surface area contributed by atoms with Crippen LogP contribution in [0.25, 0.3) is 0 Å². The zero-order valence-electron chi connectivity index (χ0n) is 12.8. The van der Waals surface area contributed by atoms with E-state index in [4.69, 9.17) is 0 Å². The van der Waals surface area contributed by atoms with E-state index in [0.29, 0.717) is 17.9 Å². The first kappa shape index (κ1) is 15.9. The Morgan fingerprint density at radius 3 is 2.57 bits per heavy atom. The Balaban J connectivity index is 2.27. The molecule has 0 bridgehead atoms. The summed E-state index contributed by atoms with van der Waals surface area (Å²) >= 11 is 3.03. The molecule has 7 heteroatoms. The van der Waals surface area contributed by atoms with Gasteiger partial charge >= 0.3 is 0 Å². The third-order valence-electron chi connectivity index (χ3n) is 2.96. The van der Waals surface area contributed by atoms with E-state index in [1.54, 1.807) is 23.3 Å². The van der Waals surface area contributed by atoms with Crippen LogP contribution in [0.5, 0.6) is 0 Å². The summed E-state index contributed by atoms with van der Waals surface area (Å²) in [5, 5.41) is 3.65. The van der Waals surface area contributed by atoms with Crippen molar-refractivity contribution in [3.05, 3.63) is 33.2 Å². The predicted octanol–water partition coefficient (Wildman–Crippen LogP) is 2.85. The Morgan fingerprint density at radius 2 is 2.00 bits per heavy atom. The number of thiazole rings is 1. The number of hydrogen-bond donors (Lipinski definition) is 0. The van der Waals surface area contributed by atoms with Gasteiger partial charge in [0.05, 0.1) is 17.8 Å². The van der Waals surface area contributed by atoms with Crippen molar-refractivity contribution in [2.75, 3.05) is 13.3 Å². The number of rotatable bonds is 4. The van der Waals surface area contributed by atoms with Crippen molar-refractivity contribution in [3.63, 3.8) is 0 Å². The van der Waals surface area contributed by atoms with Gasteiger partial charge in [-0.25, -0.2) is 15.0 Å². The lowest BCUT2D eigenvalue weighted by molar-refractivity contribution is 0.0779. The molecule has 0 saturated carbocycles. The second-order valence-corrected chi connectivity index (χ2v) is 6.52. The third-order valence-corrected chi connectivity index (χ3v) is 4.59. The smallest absolute Gasteiger partial charge is 0.258 e. The molecule has 0 atom stereocenters. The van der Waals surface area contributed by atoms with E-state index >= 15 is 0 Å². The summed E-state index contributed by atoms with van der Waals surface area (Å²) < 4.78 is 0. The number of carbonyl (C=O) groups excluding carboxylic acids is 1. The number of thioether (sulfide) groups is 1. The molecule has 0 unspecified atom stereocenters. The van der Waals surface area contributed by atoms with Crippen molar-refractivity contribution in [2.24, 2.45) is 0 Å². The highest BCUT2D eigenvalue weighted by Gasteiger charge is 2.21. The molecule has 21 heavy (non-hydrogen) atoms. The predicted molar refractivity (Wildman–Crippen MR) is 85.9 cm³/mol. The van der Waals surface area contributed by atoms with E-state index in [1.165, 1.54) is 11.8 Å². The van der Waals surface area contributed by atoms with Gasteiger partial charge in [0, 0.05) is 18.1 Å². The maximum absolute atomic E-state index is 12.7. The molecule has 1 amide bonds. The first-order valence-electron chi connectivity index (χ1n) is 6.48. The molecular weight excluding hydrogens is 304 g/mol. The Morgan fingerprint density at radius 1 is 1.29 bits per heavy atom. The number of amides is 1. The molecule has 5 nitrogen and oxygen atoms in total. The van der Waals surface area contributed by atoms with Crippen molar-refractivity contribution in [2.45, 2.75) is 32.3 Å². The van der Waals surface area contributed by atoms with Gasteiger partial charge in [-0.05, 0) is 27.0 Å². The molecule has 2 aromatic heterocycles. The zero-order valence-corrected chi connectivity index (χ0v) is 14.4. The molecule has 0 saturated heterocycles. The van der Waals surface area contributed by atoms with Gasteiger partial charge in [-0.2, -0.15) is 0 Å². The lowest BCUT2D eigenvalue weighted by Gasteiger charge is -2.18. The molecule has 0 spiro atoms. The highest BCUT2D eigenvalue weighted by molar-refractivity contribution is 7.98. The lowest BCUT2D eigenvalue weighted by atomic mass is 10.2. The summed E-state index contributed by atoms with van der Waals surface area (Å²) in [6.45, 7) is 6.14. The minimum absolute atomic E-state index is 0.0651. The quantitative estimate of drug-likeness (QED) is 0.640. The van der Waals surface area contributed by atoms with Gasteiger partial charge in [-0.3, -0.25) is 4.79 Å². The van der Waals surface area contributed by atoms with Gasteiger partial charge < -0.3 is 4.90 Å². The highest BCUT2D eigenvalue weighted by Crippen LogP contribution is 2.22. The summed E-state index contributed by atoms with van der Waals surface area (Å²) in [7, 11) is 1.78. The average Bonchev–Trinajstić information content (AvgIpc) is 2.82. The largest absolute Gasteiger partial charge is 0.335 e. The molecular formula is C14H18N4OS2. The summed E-state index contributed by atoms with van der Waals surface area (Å²) in [6, 6.07) is 0. The summed E-state index contributed by atoms with van der Waals surface area (Å²) in [5.41, 5.74) is 2.29. The fourth-order valence-corrected chi connectivity index (χ4v) is 3.50. The molecule has 0 N–H and O–H groups in total. The SMILES string of the molecule is CSc1nc(C)nc(C)c1C(=O)N(C)Cc1nc(C)cs1. The Hall–Kier alpha value is -1.47. The molecule has 0 aromatic carbocycles. The van der Waals surface area contributed by atoms with Crippen LogP contribution >= 0.6 is 23.1 Å². The second kappa shape index (κ2) is 6.53. The molecule has 2 heterocycles. The summed E-state index contributed by atoms with van der Waals surface area (Å²) in [4.78, 5) is 27.4. The van der Waals surface area contributed by atoms with Gasteiger partial charge in [0.15, 0.2) is 0 Å². The number of hydrogen-bond acceptors (Lipinski definition) is 6. The monoisotopic (exact) mass is 322 g/mol. The highest BCUT2D eigenvalue weighted by atomic mass is 32.2. The molecule has 0 aliphatic rings. The van der Waals surface area contributed by atoms with Crippen molar-refractivity contribution in [1.29, 1.82) is 0 Å². The van der Waals surface area contributed by atoms with Crippen molar-refractivity contribution in [1.82, 2.24) is 19.9 Å². The van der Waals surface area contributed by atoms with Crippen LogP contribution in [-0.2, 0) is 6.54 Å². The molecule has 0 radical (unpaired) electrons. The molecule has 0 fully saturated rings. The van der Waals surface area contributed by atoms with Crippen LogP contribution in [-0.4, -0.2) is 39.1 Å². The van der Waals surface area contributed by atoms with Gasteiger partial charge in [-0.15, -0.1) is 23.1 Å². The molecule has 2 rings (SSSR count). The number of nitrogens with zero attached hydrogens (tertiary/aromatic N) is 4. The molecule has 0 aliphatic heterocycles. The first-order valence-corrected chi connectivity index (χ1v) is 8.58. The maximum Gasteiger partial charge on any atom is 0.258 e. The van der Waals surface area contributed by atoms with Gasteiger partial charge in [0.2, 0.25) is 0 Å². The van der Waals surface area contributed by atoms with E-state index in [9.17, 15) is 4.79 Å². The van der Waals surface area contributed by atoms with E-state index in [1.807, 2.05) is 32.4 Å². The first-order chi connectivity index (χ1) is 9.92. The van der Waals surface area contributed by atoms with Crippen LogP contribution in [0.1, 0.15) is 32.6 Å². The van der Waals surface area contributed by atoms with Crippen LogP contribution in [0.3, 0.4) is 0 Å². The van der Waals surface area contributed by atoms with Crippen molar-refractivity contribution >= 4 is 29.0 Å². The van der Waals surface area contributed by atoms with E-state index in [0.717, 1.165) is 21.4 Å². The van der Waals surface area contributed by atoms with Crippen LogP contribution < -0.4 is 0 Å². The van der Waals surface area contributed by atoms with Crippen LogP contribution in [0.2, 0.25) is 0 Å². The fourth-order valence-electron chi connectivity index (χ4n) is 2.02. The van der Waals surface area contributed by atoms with E-state index < -0.39 is 0 Å². The number of carbonyl (C=O) groups is 1. The van der Waals surface area contributed by atoms with E-state index in [2.05, 4.69) is 15.0 Å². The Bertz CT molecular complexity index is 669. The normalized spacial score (nSPS) is 10.7. The molecule has 0 aliphatic carbocycles. The third kappa shape index (κ3) is 3.59. The van der Waals surface area contributed by atoms with E-state index in [-0.39, 0.29) is 5.91 Å².